The molecule has 0 aliphatic heterocycles. The molecule has 0 fully saturated rings. The predicted molar refractivity (Wildman–Crippen MR) is 42.0 cm³/mol. The van der Waals surface area contributed by atoms with Gasteiger partial charge >= 0.3 is 5.63 Å². The smallest absolute Gasteiger partial charge is 0.340 e. The molecule has 1 N–H and O–H groups in total. The molecule has 2 rings (SSSR count). The van der Waals surface area contributed by atoms with Crippen LogP contribution in [-0.2, 0) is 0 Å². The van der Waals surface area contributed by atoms with E-state index in [0.29, 0.717) is 10.3 Å². The largest absolute Gasteiger partial charge is 0.506 e. The van der Waals surface area contributed by atoms with Crippen molar-refractivity contribution in [2.24, 2.45) is 0 Å². The minimum atomic E-state index is -0.520. The van der Waals surface area contributed by atoms with Crippen molar-refractivity contribution >= 4 is 21.6 Å². The molecule has 0 amide bonds. The van der Waals surface area contributed by atoms with Gasteiger partial charge in [0.05, 0.1) is 6.07 Å². The number of rotatable bonds is 0. The molecule has 3 nitrogen and oxygen atoms in total. The van der Waals surface area contributed by atoms with E-state index in [1.807, 2.05) is 0 Å². The predicted octanol–water partition coefficient (Wildman–Crippen LogP) is 1.56. The molecular weight excluding hydrogens is 164 g/mol. The van der Waals surface area contributed by atoms with Crippen LogP contribution in [0.2, 0.25) is 0 Å². The third-order valence-corrected chi connectivity index (χ3v) is 2.25. The molecule has 0 saturated carbocycles. The summed E-state index contributed by atoms with van der Waals surface area (Å²) in [6.45, 7) is 0. The SMILES string of the molecule is O=c1cc(O)c2sccc2o1. The lowest BCUT2D eigenvalue weighted by Gasteiger charge is -1.89. The van der Waals surface area contributed by atoms with E-state index in [4.69, 9.17) is 4.42 Å². The molecule has 0 unspecified atom stereocenters. The third-order valence-electron chi connectivity index (χ3n) is 1.33. The van der Waals surface area contributed by atoms with Crippen LogP contribution in [0.25, 0.3) is 10.3 Å². The Balaban J connectivity index is 3.02. The van der Waals surface area contributed by atoms with Gasteiger partial charge in [-0.3, -0.25) is 0 Å². The lowest BCUT2D eigenvalue weighted by Crippen LogP contribution is -1.93. The van der Waals surface area contributed by atoms with Gasteiger partial charge in [0.15, 0.2) is 5.58 Å². The molecule has 2 aromatic rings. The van der Waals surface area contributed by atoms with Gasteiger partial charge in [0.2, 0.25) is 0 Å². The summed E-state index contributed by atoms with van der Waals surface area (Å²) in [6, 6.07) is 2.72. The number of hydrogen-bond acceptors (Lipinski definition) is 4. The highest BCUT2D eigenvalue weighted by atomic mass is 32.1. The summed E-state index contributed by atoms with van der Waals surface area (Å²) in [4.78, 5) is 10.7. The minimum Gasteiger partial charge on any atom is -0.506 e. The van der Waals surface area contributed by atoms with Crippen molar-refractivity contribution in [3.05, 3.63) is 27.9 Å². The fourth-order valence-electron chi connectivity index (χ4n) is 0.880. The van der Waals surface area contributed by atoms with Gasteiger partial charge < -0.3 is 9.52 Å². The summed E-state index contributed by atoms with van der Waals surface area (Å²) < 4.78 is 5.39. The quantitative estimate of drug-likeness (QED) is 0.649. The Bertz CT molecular complexity index is 440. The maximum Gasteiger partial charge on any atom is 0.340 e. The Morgan fingerprint density at radius 1 is 1.55 bits per heavy atom. The lowest BCUT2D eigenvalue weighted by atomic mass is 10.4. The fraction of sp³-hybridized carbons (Fsp3) is 0. The van der Waals surface area contributed by atoms with E-state index >= 15 is 0 Å². The van der Waals surface area contributed by atoms with Crippen molar-refractivity contribution in [2.45, 2.75) is 0 Å². The van der Waals surface area contributed by atoms with Crippen LogP contribution in [0, 0.1) is 0 Å². The van der Waals surface area contributed by atoms with Gasteiger partial charge in [-0.05, 0) is 11.4 Å². The molecule has 4 heteroatoms. The molecular formula is C7H4O3S. The zero-order chi connectivity index (χ0) is 7.84. The fourth-order valence-corrected chi connectivity index (χ4v) is 1.61. The van der Waals surface area contributed by atoms with Gasteiger partial charge in [0.25, 0.3) is 0 Å². The molecule has 11 heavy (non-hydrogen) atoms. The minimum absolute atomic E-state index is 0.00810. The van der Waals surface area contributed by atoms with E-state index in [9.17, 15) is 9.90 Å². The van der Waals surface area contributed by atoms with Crippen molar-refractivity contribution in [1.29, 1.82) is 0 Å². The highest BCUT2D eigenvalue weighted by Crippen LogP contribution is 2.27. The zero-order valence-electron chi connectivity index (χ0n) is 5.40. The van der Waals surface area contributed by atoms with Crippen LogP contribution < -0.4 is 5.63 Å². The molecule has 0 atom stereocenters. The van der Waals surface area contributed by atoms with Gasteiger partial charge in [-0.15, -0.1) is 11.3 Å². The van der Waals surface area contributed by atoms with Crippen LogP contribution in [0.15, 0.2) is 26.7 Å². The summed E-state index contributed by atoms with van der Waals surface area (Å²) >= 11 is 1.34. The molecule has 0 radical (unpaired) electrons. The second-order valence-corrected chi connectivity index (χ2v) is 2.98. The Hall–Kier alpha value is -1.29. The van der Waals surface area contributed by atoms with Gasteiger partial charge in [0.1, 0.15) is 10.4 Å². The molecule has 0 aliphatic carbocycles. The van der Waals surface area contributed by atoms with Crippen molar-refractivity contribution in [3.8, 4) is 5.75 Å². The molecule has 0 aromatic carbocycles. The Morgan fingerprint density at radius 3 is 3.18 bits per heavy atom. The molecule has 56 valence electrons. The first-order valence-electron chi connectivity index (χ1n) is 2.98. The number of hydrogen-bond donors (Lipinski definition) is 1. The average molecular weight is 168 g/mol. The summed E-state index contributed by atoms with van der Waals surface area (Å²) in [5, 5.41) is 10.9. The second kappa shape index (κ2) is 2.10. The van der Waals surface area contributed by atoms with E-state index in [-0.39, 0.29) is 5.75 Å². The van der Waals surface area contributed by atoms with E-state index < -0.39 is 5.63 Å². The first-order valence-corrected chi connectivity index (χ1v) is 3.85. The first-order chi connectivity index (χ1) is 5.27. The number of fused-ring (bicyclic) bond motifs is 1. The summed E-state index contributed by atoms with van der Waals surface area (Å²) in [5.41, 5.74) is -0.0756. The number of aromatic hydroxyl groups is 1. The molecule has 0 bridgehead atoms. The zero-order valence-corrected chi connectivity index (χ0v) is 6.22. The topological polar surface area (TPSA) is 50.4 Å². The monoisotopic (exact) mass is 168 g/mol. The van der Waals surface area contributed by atoms with Gasteiger partial charge in [0, 0.05) is 0 Å². The van der Waals surface area contributed by atoms with Crippen molar-refractivity contribution in [2.75, 3.05) is 0 Å². The second-order valence-electron chi connectivity index (χ2n) is 2.06. The van der Waals surface area contributed by atoms with Gasteiger partial charge in [-0.2, -0.15) is 0 Å². The van der Waals surface area contributed by atoms with Crippen LogP contribution >= 0.6 is 11.3 Å². The van der Waals surface area contributed by atoms with Gasteiger partial charge in [-0.25, -0.2) is 4.79 Å². The lowest BCUT2D eigenvalue weighted by molar-refractivity contribution is 0.469. The van der Waals surface area contributed by atoms with Crippen molar-refractivity contribution in [1.82, 2.24) is 0 Å². The van der Waals surface area contributed by atoms with Crippen LogP contribution in [0.5, 0.6) is 5.75 Å². The summed E-state index contributed by atoms with van der Waals surface area (Å²) in [7, 11) is 0. The Morgan fingerprint density at radius 2 is 2.36 bits per heavy atom. The number of thiophene rings is 1. The molecule has 0 aliphatic rings. The molecule has 0 saturated heterocycles. The Labute approximate surface area is 65.5 Å². The van der Waals surface area contributed by atoms with E-state index in [1.165, 1.54) is 11.3 Å². The van der Waals surface area contributed by atoms with Gasteiger partial charge in [-0.1, -0.05) is 0 Å². The first kappa shape index (κ1) is 6.42. The summed E-state index contributed by atoms with van der Waals surface area (Å²) in [5.74, 6) is -0.00810. The highest BCUT2D eigenvalue weighted by Gasteiger charge is 2.03. The van der Waals surface area contributed by atoms with Crippen LogP contribution in [-0.4, -0.2) is 5.11 Å². The maximum atomic E-state index is 10.7. The highest BCUT2D eigenvalue weighted by molar-refractivity contribution is 7.17. The maximum absolute atomic E-state index is 10.7. The van der Waals surface area contributed by atoms with Crippen molar-refractivity contribution in [3.63, 3.8) is 0 Å². The Kier molecular flexibility index (Phi) is 1.22. The average Bonchev–Trinajstić information content (AvgIpc) is 2.34. The third kappa shape index (κ3) is 0.914. The van der Waals surface area contributed by atoms with Crippen LogP contribution in [0.1, 0.15) is 0 Å². The normalized spacial score (nSPS) is 10.5. The standard InChI is InChI=1S/C7H4O3S/c8-4-3-6(9)10-5-1-2-11-7(4)5/h1-3,8H. The van der Waals surface area contributed by atoms with E-state index in [1.54, 1.807) is 11.4 Å². The molecule has 2 heterocycles. The van der Waals surface area contributed by atoms with Crippen molar-refractivity contribution < 1.29 is 9.52 Å². The van der Waals surface area contributed by atoms with Crippen LogP contribution in [0.3, 0.4) is 0 Å². The molecule has 2 aromatic heterocycles. The van der Waals surface area contributed by atoms with E-state index in [0.717, 1.165) is 6.07 Å². The van der Waals surface area contributed by atoms with E-state index in [2.05, 4.69) is 0 Å². The molecule has 0 spiro atoms. The summed E-state index contributed by atoms with van der Waals surface area (Å²) in [6.07, 6.45) is 0. The van der Waals surface area contributed by atoms with Crippen LogP contribution in [0.4, 0.5) is 0 Å².